The number of likely N-dealkylation sites (tertiary alicyclic amines) is 1. The zero-order chi connectivity index (χ0) is 18.5. The lowest BCUT2D eigenvalue weighted by atomic mass is 9.95. The maximum atomic E-state index is 12.6. The summed E-state index contributed by atoms with van der Waals surface area (Å²) in [4.78, 5) is 39.1. The highest BCUT2D eigenvalue weighted by Gasteiger charge is 2.38. The average Bonchev–Trinajstić information content (AvgIpc) is 3.49. The van der Waals surface area contributed by atoms with E-state index < -0.39 is 5.97 Å². The summed E-state index contributed by atoms with van der Waals surface area (Å²) in [6.07, 6.45) is 2.90. The number of piperidine rings is 1. The Morgan fingerprint density at radius 1 is 1.08 bits per heavy atom. The lowest BCUT2D eigenvalue weighted by Gasteiger charge is -2.34. The van der Waals surface area contributed by atoms with Crippen LogP contribution in [-0.4, -0.2) is 65.0 Å². The van der Waals surface area contributed by atoms with E-state index in [1.807, 2.05) is 18.2 Å². The number of amides is 2. The second-order valence-corrected chi connectivity index (χ2v) is 6.85. The smallest absolute Gasteiger partial charge is 0.323 e. The Morgan fingerprint density at radius 3 is 2.31 bits per heavy atom. The molecule has 1 saturated heterocycles. The van der Waals surface area contributed by atoms with E-state index in [9.17, 15) is 14.4 Å². The van der Waals surface area contributed by atoms with E-state index in [-0.39, 0.29) is 36.9 Å². The third kappa shape index (κ3) is 4.74. The summed E-state index contributed by atoms with van der Waals surface area (Å²) in [5.74, 6) is -0.698. The third-order valence-electron chi connectivity index (χ3n) is 4.88. The topological polar surface area (TPSA) is 87.2 Å². The minimum Gasteiger partial charge on any atom is -0.484 e. The molecular weight excluding hydrogens is 336 g/mol. The summed E-state index contributed by atoms with van der Waals surface area (Å²) in [5, 5.41) is 9.02. The first kappa shape index (κ1) is 18.2. The van der Waals surface area contributed by atoms with Gasteiger partial charge in [-0.05, 0) is 37.8 Å². The minimum atomic E-state index is -0.976. The number of ether oxygens (including phenoxy) is 1. The van der Waals surface area contributed by atoms with Gasteiger partial charge in [0.05, 0.1) is 0 Å². The van der Waals surface area contributed by atoms with Gasteiger partial charge in [-0.2, -0.15) is 0 Å². The zero-order valence-electron chi connectivity index (χ0n) is 14.7. The van der Waals surface area contributed by atoms with Crippen molar-refractivity contribution in [3.05, 3.63) is 30.3 Å². The zero-order valence-corrected chi connectivity index (χ0v) is 14.7. The number of hydrogen-bond donors (Lipinski definition) is 1. The van der Waals surface area contributed by atoms with E-state index >= 15 is 0 Å². The van der Waals surface area contributed by atoms with E-state index in [0.29, 0.717) is 31.7 Å². The molecule has 2 fully saturated rings. The first-order valence-corrected chi connectivity index (χ1v) is 9.02. The molecule has 0 radical (unpaired) electrons. The van der Waals surface area contributed by atoms with Gasteiger partial charge in [-0.15, -0.1) is 0 Å². The molecule has 7 nitrogen and oxygen atoms in total. The Labute approximate surface area is 152 Å². The number of para-hydroxylation sites is 1. The van der Waals surface area contributed by atoms with Crippen LogP contribution in [0.4, 0.5) is 0 Å². The highest BCUT2D eigenvalue weighted by atomic mass is 16.5. The minimum absolute atomic E-state index is 0.0180. The standard InChI is InChI=1S/C19H24N2O5/c22-17(13-26-16-4-2-1-3-5-16)20-10-8-14(9-11-20)19(25)21(12-18(23)24)15-6-7-15/h1-5,14-15H,6-13H2,(H,23,24). The Balaban J connectivity index is 1.46. The quantitative estimate of drug-likeness (QED) is 0.794. The summed E-state index contributed by atoms with van der Waals surface area (Å²) >= 11 is 0. The Kier molecular flexibility index (Phi) is 5.75. The molecular formula is C19H24N2O5. The molecule has 0 bridgehead atoms. The van der Waals surface area contributed by atoms with Gasteiger partial charge < -0.3 is 19.6 Å². The van der Waals surface area contributed by atoms with E-state index in [4.69, 9.17) is 9.84 Å². The van der Waals surface area contributed by atoms with Crippen LogP contribution in [-0.2, 0) is 14.4 Å². The second-order valence-electron chi connectivity index (χ2n) is 6.85. The molecule has 2 amide bonds. The van der Waals surface area contributed by atoms with Crippen molar-refractivity contribution >= 4 is 17.8 Å². The molecule has 0 unspecified atom stereocenters. The average molecular weight is 360 g/mol. The van der Waals surface area contributed by atoms with Crippen LogP contribution in [0.3, 0.4) is 0 Å². The molecule has 1 aromatic carbocycles. The molecule has 140 valence electrons. The van der Waals surface area contributed by atoms with Gasteiger partial charge in [-0.3, -0.25) is 14.4 Å². The van der Waals surface area contributed by atoms with Crippen molar-refractivity contribution in [1.29, 1.82) is 0 Å². The SMILES string of the molecule is O=C(O)CN(C(=O)C1CCN(C(=O)COc2ccccc2)CC1)C1CC1. The van der Waals surface area contributed by atoms with Crippen molar-refractivity contribution in [2.45, 2.75) is 31.7 Å². The summed E-state index contributed by atoms with van der Waals surface area (Å²) in [6.45, 7) is 0.751. The number of benzene rings is 1. The van der Waals surface area contributed by atoms with E-state index in [1.165, 1.54) is 4.90 Å². The number of carboxylic acid groups (broad SMARTS) is 1. The van der Waals surface area contributed by atoms with E-state index in [2.05, 4.69) is 0 Å². The predicted molar refractivity (Wildman–Crippen MR) is 93.6 cm³/mol. The van der Waals surface area contributed by atoms with Gasteiger partial charge in [-0.1, -0.05) is 18.2 Å². The second kappa shape index (κ2) is 8.21. The van der Waals surface area contributed by atoms with Crippen LogP contribution in [0.5, 0.6) is 5.75 Å². The normalized spacial score (nSPS) is 17.6. The fourth-order valence-electron chi connectivity index (χ4n) is 3.28. The Bertz CT molecular complexity index is 651. The van der Waals surface area contributed by atoms with Gasteiger partial charge in [0.25, 0.3) is 5.91 Å². The molecule has 2 aliphatic rings. The third-order valence-corrected chi connectivity index (χ3v) is 4.88. The van der Waals surface area contributed by atoms with Crippen LogP contribution in [0, 0.1) is 5.92 Å². The lowest BCUT2D eigenvalue weighted by molar-refractivity contribution is -0.148. The fourth-order valence-corrected chi connectivity index (χ4v) is 3.28. The summed E-state index contributed by atoms with van der Waals surface area (Å²) in [7, 11) is 0. The largest absolute Gasteiger partial charge is 0.484 e. The molecule has 1 N–H and O–H groups in total. The molecule has 1 aliphatic heterocycles. The number of aliphatic carboxylic acids is 1. The number of rotatable bonds is 7. The molecule has 0 aromatic heterocycles. The Hall–Kier alpha value is -2.57. The summed E-state index contributed by atoms with van der Waals surface area (Å²) < 4.78 is 5.49. The van der Waals surface area contributed by atoms with E-state index in [0.717, 1.165) is 12.8 Å². The van der Waals surface area contributed by atoms with Crippen LogP contribution in [0.25, 0.3) is 0 Å². The first-order valence-electron chi connectivity index (χ1n) is 9.02. The molecule has 0 spiro atoms. The van der Waals surface area contributed by atoms with Gasteiger partial charge in [0, 0.05) is 25.0 Å². The monoisotopic (exact) mass is 360 g/mol. The van der Waals surface area contributed by atoms with Crippen molar-refractivity contribution in [2.24, 2.45) is 5.92 Å². The van der Waals surface area contributed by atoms with Crippen molar-refractivity contribution in [1.82, 2.24) is 9.80 Å². The van der Waals surface area contributed by atoms with Crippen LogP contribution in [0.2, 0.25) is 0 Å². The van der Waals surface area contributed by atoms with Crippen molar-refractivity contribution in [3.63, 3.8) is 0 Å². The molecule has 1 heterocycles. The fraction of sp³-hybridized carbons (Fsp3) is 0.526. The summed E-state index contributed by atoms with van der Waals surface area (Å²) in [5.41, 5.74) is 0. The number of carbonyl (C=O) groups excluding carboxylic acids is 2. The van der Waals surface area contributed by atoms with Gasteiger partial charge in [0.2, 0.25) is 5.91 Å². The maximum absolute atomic E-state index is 12.6. The highest BCUT2D eigenvalue weighted by Crippen LogP contribution is 2.30. The lowest BCUT2D eigenvalue weighted by Crippen LogP contribution is -2.47. The van der Waals surface area contributed by atoms with Crippen LogP contribution < -0.4 is 4.74 Å². The number of nitrogens with zero attached hydrogens (tertiary/aromatic N) is 2. The molecule has 26 heavy (non-hydrogen) atoms. The van der Waals surface area contributed by atoms with Gasteiger partial charge in [0.1, 0.15) is 12.3 Å². The number of hydrogen-bond acceptors (Lipinski definition) is 4. The van der Waals surface area contributed by atoms with Crippen LogP contribution in [0.15, 0.2) is 30.3 Å². The van der Waals surface area contributed by atoms with Gasteiger partial charge in [0.15, 0.2) is 6.61 Å². The first-order chi connectivity index (χ1) is 12.5. The van der Waals surface area contributed by atoms with Crippen LogP contribution >= 0.6 is 0 Å². The van der Waals surface area contributed by atoms with Gasteiger partial charge >= 0.3 is 5.97 Å². The number of carbonyl (C=O) groups is 3. The van der Waals surface area contributed by atoms with E-state index in [1.54, 1.807) is 17.0 Å². The molecule has 0 atom stereocenters. The summed E-state index contributed by atoms with van der Waals surface area (Å²) in [6, 6.07) is 9.25. The van der Waals surface area contributed by atoms with Crippen molar-refractivity contribution < 1.29 is 24.2 Å². The van der Waals surface area contributed by atoms with Gasteiger partial charge in [-0.25, -0.2) is 0 Å². The molecule has 7 heteroatoms. The number of carboxylic acids is 1. The van der Waals surface area contributed by atoms with Crippen LogP contribution in [0.1, 0.15) is 25.7 Å². The Morgan fingerprint density at radius 2 is 1.73 bits per heavy atom. The molecule has 1 saturated carbocycles. The molecule has 1 aliphatic carbocycles. The molecule has 1 aromatic rings. The van der Waals surface area contributed by atoms with Crippen molar-refractivity contribution in [2.75, 3.05) is 26.2 Å². The maximum Gasteiger partial charge on any atom is 0.323 e. The van der Waals surface area contributed by atoms with Crippen molar-refractivity contribution in [3.8, 4) is 5.75 Å². The predicted octanol–water partition coefficient (Wildman–Crippen LogP) is 1.38. The molecule has 3 rings (SSSR count). The highest BCUT2D eigenvalue weighted by molar-refractivity contribution is 5.84.